The van der Waals surface area contributed by atoms with E-state index in [9.17, 15) is 0 Å². The van der Waals surface area contributed by atoms with Crippen molar-refractivity contribution in [1.82, 2.24) is 10.2 Å². The Kier molecular flexibility index (Phi) is 5.16. The molecule has 0 radical (unpaired) electrons. The Morgan fingerprint density at radius 3 is 2.45 bits per heavy atom. The van der Waals surface area contributed by atoms with Gasteiger partial charge in [-0.3, -0.25) is 10.2 Å². The molecule has 3 unspecified atom stereocenters. The Bertz CT molecular complexity index is 357. The molecule has 0 aromatic carbocycles. The quantitative estimate of drug-likeness (QED) is 0.861. The van der Waals surface area contributed by atoms with E-state index in [1.807, 2.05) is 7.11 Å². The van der Waals surface area contributed by atoms with Gasteiger partial charge in [-0.1, -0.05) is 20.8 Å². The standard InChI is InChI=1S/C19H36N2O/c1-19(2,3)17-12-15-6-5-11-21(18(15)20-17)13-14-7-9-16(22-4)10-8-14/h14-18,20H,5-13H2,1-4H3. The molecule has 3 rings (SSSR count). The van der Waals surface area contributed by atoms with E-state index in [-0.39, 0.29) is 0 Å². The molecular weight excluding hydrogens is 272 g/mol. The number of nitrogens with one attached hydrogen (secondary N) is 1. The van der Waals surface area contributed by atoms with Gasteiger partial charge in [-0.2, -0.15) is 0 Å². The number of ether oxygens (including phenoxy) is 1. The average molecular weight is 309 g/mol. The monoisotopic (exact) mass is 308 g/mol. The highest BCUT2D eigenvalue weighted by molar-refractivity contribution is 4.98. The maximum absolute atomic E-state index is 5.52. The van der Waals surface area contributed by atoms with Crippen molar-refractivity contribution < 1.29 is 4.74 Å². The number of nitrogens with zero attached hydrogens (tertiary/aromatic N) is 1. The maximum atomic E-state index is 5.52. The normalized spacial score (nSPS) is 40.6. The summed E-state index contributed by atoms with van der Waals surface area (Å²) in [5, 5.41) is 3.99. The van der Waals surface area contributed by atoms with Crippen LogP contribution in [-0.4, -0.2) is 43.4 Å². The van der Waals surface area contributed by atoms with E-state index in [4.69, 9.17) is 4.74 Å². The molecule has 0 spiro atoms. The highest BCUT2D eigenvalue weighted by Crippen LogP contribution is 2.38. The van der Waals surface area contributed by atoms with Gasteiger partial charge < -0.3 is 4.74 Å². The van der Waals surface area contributed by atoms with Crippen LogP contribution in [0.2, 0.25) is 0 Å². The number of hydrogen-bond donors (Lipinski definition) is 1. The zero-order chi connectivity index (χ0) is 15.7. The van der Waals surface area contributed by atoms with Crippen molar-refractivity contribution in [3.05, 3.63) is 0 Å². The molecule has 3 fully saturated rings. The van der Waals surface area contributed by atoms with Gasteiger partial charge in [0.05, 0.1) is 12.3 Å². The Labute approximate surface area is 137 Å². The summed E-state index contributed by atoms with van der Waals surface area (Å²) < 4.78 is 5.52. The molecule has 0 aromatic heterocycles. The second-order valence-electron chi connectivity index (χ2n) is 9.04. The summed E-state index contributed by atoms with van der Waals surface area (Å²) >= 11 is 0. The smallest absolute Gasteiger partial charge is 0.0629 e. The fraction of sp³-hybridized carbons (Fsp3) is 1.00. The van der Waals surface area contributed by atoms with E-state index >= 15 is 0 Å². The van der Waals surface area contributed by atoms with Crippen LogP contribution >= 0.6 is 0 Å². The van der Waals surface area contributed by atoms with E-state index < -0.39 is 0 Å². The fourth-order valence-corrected chi connectivity index (χ4v) is 4.91. The minimum Gasteiger partial charge on any atom is -0.381 e. The number of likely N-dealkylation sites (tertiary alicyclic amines) is 1. The van der Waals surface area contributed by atoms with Crippen molar-refractivity contribution in [1.29, 1.82) is 0 Å². The molecule has 0 bridgehead atoms. The third kappa shape index (κ3) is 3.68. The van der Waals surface area contributed by atoms with Crippen molar-refractivity contribution in [2.24, 2.45) is 17.3 Å². The Morgan fingerprint density at radius 2 is 1.82 bits per heavy atom. The van der Waals surface area contributed by atoms with Gasteiger partial charge in [0.15, 0.2) is 0 Å². The van der Waals surface area contributed by atoms with Gasteiger partial charge in [-0.15, -0.1) is 0 Å². The molecule has 0 aromatic rings. The lowest BCUT2D eigenvalue weighted by Gasteiger charge is -2.41. The molecule has 2 saturated heterocycles. The minimum atomic E-state index is 0.388. The van der Waals surface area contributed by atoms with Crippen LogP contribution in [0.25, 0.3) is 0 Å². The highest BCUT2D eigenvalue weighted by atomic mass is 16.5. The van der Waals surface area contributed by atoms with Crippen molar-refractivity contribution in [3.8, 4) is 0 Å². The van der Waals surface area contributed by atoms with Gasteiger partial charge in [0, 0.05) is 19.7 Å². The van der Waals surface area contributed by atoms with Crippen molar-refractivity contribution >= 4 is 0 Å². The molecule has 2 heterocycles. The Hall–Kier alpha value is -0.120. The van der Waals surface area contributed by atoms with Crippen molar-refractivity contribution in [2.75, 3.05) is 20.2 Å². The van der Waals surface area contributed by atoms with E-state index in [0.717, 1.165) is 11.8 Å². The van der Waals surface area contributed by atoms with E-state index in [1.165, 1.54) is 58.0 Å². The second-order valence-corrected chi connectivity index (χ2v) is 9.04. The molecule has 3 aliphatic rings. The number of rotatable bonds is 3. The van der Waals surface area contributed by atoms with E-state index in [1.54, 1.807) is 0 Å². The number of piperidine rings is 1. The van der Waals surface area contributed by atoms with Crippen LogP contribution < -0.4 is 5.32 Å². The van der Waals surface area contributed by atoms with Crippen LogP contribution in [0.15, 0.2) is 0 Å². The topological polar surface area (TPSA) is 24.5 Å². The fourth-order valence-electron chi connectivity index (χ4n) is 4.91. The Balaban J connectivity index is 1.55. The molecule has 2 aliphatic heterocycles. The molecular formula is C19H36N2O. The molecule has 3 nitrogen and oxygen atoms in total. The first kappa shape index (κ1) is 16.7. The molecule has 3 atom stereocenters. The van der Waals surface area contributed by atoms with Crippen LogP contribution in [0.1, 0.15) is 65.7 Å². The lowest BCUT2D eigenvalue weighted by atomic mass is 9.82. The van der Waals surface area contributed by atoms with Crippen molar-refractivity contribution in [3.63, 3.8) is 0 Å². The first-order chi connectivity index (χ1) is 10.5. The minimum absolute atomic E-state index is 0.388. The summed E-state index contributed by atoms with van der Waals surface area (Å²) in [6, 6.07) is 0.687. The SMILES string of the molecule is COC1CCC(CN2CCCC3CC(C(C)(C)C)NC32)CC1. The van der Waals surface area contributed by atoms with Gasteiger partial charge >= 0.3 is 0 Å². The van der Waals surface area contributed by atoms with Gasteiger partial charge in [0.25, 0.3) is 0 Å². The average Bonchev–Trinajstić information content (AvgIpc) is 2.93. The molecule has 0 amide bonds. The molecule has 1 aliphatic carbocycles. The summed E-state index contributed by atoms with van der Waals surface area (Å²) in [7, 11) is 1.87. The zero-order valence-electron chi connectivity index (χ0n) is 15.1. The maximum Gasteiger partial charge on any atom is 0.0629 e. The Morgan fingerprint density at radius 1 is 1.09 bits per heavy atom. The van der Waals surface area contributed by atoms with Gasteiger partial charge in [-0.25, -0.2) is 0 Å². The van der Waals surface area contributed by atoms with Crippen molar-refractivity contribution in [2.45, 2.75) is 84.0 Å². The largest absolute Gasteiger partial charge is 0.381 e. The van der Waals surface area contributed by atoms with Crippen LogP contribution in [0.3, 0.4) is 0 Å². The number of hydrogen-bond acceptors (Lipinski definition) is 3. The summed E-state index contributed by atoms with van der Waals surface area (Å²) in [6.45, 7) is 9.77. The van der Waals surface area contributed by atoms with Gasteiger partial charge in [-0.05, 0) is 68.7 Å². The summed E-state index contributed by atoms with van der Waals surface area (Å²) in [4.78, 5) is 2.79. The summed E-state index contributed by atoms with van der Waals surface area (Å²) in [5.41, 5.74) is 0.388. The van der Waals surface area contributed by atoms with E-state index in [0.29, 0.717) is 23.7 Å². The molecule has 1 N–H and O–H groups in total. The summed E-state index contributed by atoms with van der Waals surface area (Å²) in [6.07, 6.45) is 10.6. The predicted octanol–water partition coefficient (Wildman–Crippen LogP) is 3.64. The van der Waals surface area contributed by atoms with Gasteiger partial charge in [0.1, 0.15) is 0 Å². The first-order valence-corrected chi connectivity index (χ1v) is 9.50. The van der Waals surface area contributed by atoms with Crippen LogP contribution in [0, 0.1) is 17.3 Å². The number of fused-ring (bicyclic) bond motifs is 1. The van der Waals surface area contributed by atoms with Gasteiger partial charge in [0.2, 0.25) is 0 Å². The van der Waals surface area contributed by atoms with Crippen LogP contribution in [0.4, 0.5) is 0 Å². The first-order valence-electron chi connectivity index (χ1n) is 9.50. The molecule has 22 heavy (non-hydrogen) atoms. The summed E-state index contributed by atoms with van der Waals surface area (Å²) in [5.74, 6) is 1.77. The third-order valence-electron chi connectivity index (χ3n) is 6.44. The lowest BCUT2D eigenvalue weighted by molar-refractivity contribution is 0.0316. The second kappa shape index (κ2) is 6.78. The molecule has 3 heteroatoms. The molecule has 128 valence electrons. The predicted molar refractivity (Wildman–Crippen MR) is 91.8 cm³/mol. The highest BCUT2D eigenvalue weighted by Gasteiger charge is 2.43. The number of methoxy groups -OCH3 is 1. The molecule has 1 saturated carbocycles. The van der Waals surface area contributed by atoms with E-state index in [2.05, 4.69) is 31.0 Å². The van der Waals surface area contributed by atoms with Crippen LogP contribution in [0.5, 0.6) is 0 Å². The van der Waals surface area contributed by atoms with Crippen LogP contribution in [-0.2, 0) is 4.74 Å². The zero-order valence-corrected chi connectivity index (χ0v) is 15.1. The lowest BCUT2D eigenvalue weighted by Crippen LogP contribution is -2.53. The third-order valence-corrected chi connectivity index (χ3v) is 6.44.